The number of carbonyl (C=O) groups excluding carboxylic acids is 2. The van der Waals surface area contributed by atoms with Crippen molar-refractivity contribution < 1.29 is 9.59 Å². The van der Waals surface area contributed by atoms with E-state index < -0.39 is 12.1 Å². The van der Waals surface area contributed by atoms with Crippen LogP contribution in [0.3, 0.4) is 0 Å². The predicted octanol–water partition coefficient (Wildman–Crippen LogP) is 4.14. The number of carbonyl (C=O) groups is 2. The van der Waals surface area contributed by atoms with Crippen molar-refractivity contribution in [3.8, 4) is 0 Å². The second-order valence-electron chi connectivity index (χ2n) is 6.24. The number of hydrogen-bond donors (Lipinski definition) is 2. The van der Waals surface area contributed by atoms with Crippen LogP contribution in [0.1, 0.15) is 11.1 Å². The normalized spacial score (nSPS) is 17.2. The molecule has 5 nitrogen and oxygen atoms in total. The Balaban J connectivity index is 1.52. The minimum absolute atomic E-state index is 0.159. The van der Waals surface area contributed by atoms with Crippen LogP contribution in [0.15, 0.2) is 48.7 Å². The van der Waals surface area contributed by atoms with Crippen LogP contribution in [0, 0.1) is 0 Å². The Morgan fingerprint density at radius 2 is 1.85 bits per heavy atom. The first-order chi connectivity index (χ1) is 12.5. The van der Waals surface area contributed by atoms with E-state index in [1.165, 1.54) is 4.90 Å². The second-order valence-corrected chi connectivity index (χ2v) is 7.05. The number of fused-ring (bicyclic) bond motifs is 1. The van der Waals surface area contributed by atoms with Crippen LogP contribution in [0.25, 0.3) is 10.9 Å². The van der Waals surface area contributed by atoms with Crippen LogP contribution >= 0.6 is 23.2 Å². The van der Waals surface area contributed by atoms with E-state index in [0.717, 1.165) is 22.0 Å². The van der Waals surface area contributed by atoms with Gasteiger partial charge >= 0.3 is 6.03 Å². The van der Waals surface area contributed by atoms with E-state index in [1.54, 1.807) is 18.2 Å². The molecule has 2 aromatic carbocycles. The largest absolute Gasteiger partial charge is 0.361 e. The van der Waals surface area contributed by atoms with Crippen LogP contribution < -0.4 is 5.32 Å². The third-order valence-corrected chi connectivity index (χ3v) is 5.27. The molecular formula is C19H15Cl2N3O2. The lowest BCUT2D eigenvalue weighted by molar-refractivity contribution is -0.127. The standard InChI is InChI=1S/C19H15Cl2N3O2/c20-14-6-5-11(7-15(14)21)10-24-18(25)17(23-19(24)26)8-12-9-22-16-4-2-1-3-13(12)16/h1-7,9,17,22H,8,10H2,(H,23,26). The Morgan fingerprint density at radius 1 is 1.04 bits per heavy atom. The van der Waals surface area contributed by atoms with Crippen LogP contribution in [-0.2, 0) is 17.8 Å². The van der Waals surface area contributed by atoms with E-state index >= 15 is 0 Å². The van der Waals surface area contributed by atoms with Crippen molar-refractivity contribution >= 4 is 46.0 Å². The molecule has 1 fully saturated rings. The predicted molar refractivity (Wildman–Crippen MR) is 101 cm³/mol. The molecule has 0 saturated carbocycles. The molecule has 0 aliphatic carbocycles. The number of aromatic nitrogens is 1. The summed E-state index contributed by atoms with van der Waals surface area (Å²) in [6.07, 6.45) is 2.32. The summed E-state index contributed by atoms with van der Waals surface area (Å²) < 4.78 is 0. The summed E-state index contributed by atoms with van der Waals surface area (Å²) in [5.74, 6) is -0.244. The number of para-hydroxylation sites is 1. The second kappa shape index (κ2) is 6.67. The highest BCUT2D eigenvalue weighted by Crippen LogP contribution is 2.25. The first-order valence-corrected chi connectivity index (χ1v) is 8.89. The molecule has 1 unspecified atom stereocenters. The number of halogens is 2. The van der Waals surface area contributed by atoms with Gasteiger partial charge in [-0.15, -0.1) is 0 Å². The van der Waals surface area contributed by atoms with Crippen molar-refractivity contribution in [2.75, 3.05) is 0 Å². The maximum Gasteiger partial charge on any atom is 0.325 e. The average molecular weight is 388 g/mol. The fourth-order valence-corrected chi connectivity index (χ4v) is 3.53. The lowest BCUT2D eigenvalue weighted by Gasteiger charge is -2.13. The minimum atomic E-state index is -0.579. The van der Waals surface area contributed by atoms with Crippen molar-refractivity contribution in [3.05, 3.63) is 69.8 Å². The molecule has 1 saturated heterocycles. The van der Waals surface area contributed by atoms with Gasteiger partial charge < -0.3 is 10.3 Å². The lowest BCUT2D eigenvalue weighted by atomic mass is 10.0. The Morgan fingerprint density at radius 3 is 2.65 bits per heavy atom. The van der Waals surface area contributed by atoms with E-state index in [-0.39, 0.29) is 12.5 Å². The molecule has 1 aromatic heterocycles. The summed E-state index contributed by atoms with van der Waals surface area (Å²) >= 11 is 11.9. The number of hydrogen-bond acceptors (Lipinski definition) is 2. The highest BCUT2D eigenvalue weighted by atomic mass is 35.5. The zero-order valence-corrected chi connectivity index (χ0v) is 15.1. The summed E-state index contributed by atoms with van der Waals surface area (Å²) in [5, 5.41) is 4.65. The van der Waals surface area contributed by atoms with Crippen LogP contribution in [0.5, 0.6) is 0 Å². The number of nitrogens with zero attached hydrogens (tertiary/aromatic N) is 1. The number of rotatable bonds is 4. The Labute approximate surface area is 159 Å². The molecule has 4 rings (SSSR count). The number of amides is 3. The number of benzene rings is 2. The third kappa shape index (κ3) is 3.04. The van der Waals surface area contributed by atoms with Gasteiger partial charge in [0.1, 0.15) is 6.04 Å². The van der Waals surface area contributed by atoms with Gasteiger partial charge in [-0.1, -0.05) is 47.5 Å². The average Bonchev–Trinajstić information content (AvgIpc) is 3.15. The Hall–Kier alpha value is -2.50. The van der Waals surface area contributed by atoms with Crippen molar-refractivity contribution in [2.45, 2.75) is 19.0 Å². The molecule has 3 amide bonds. The molecule has 0 spiro atoms. The topological polar surface area (TPSA) is 65.2 Å². The fourth-order valence-electron chi connectivity index (χ4n) is 3.21. The molecule has 7 heteroatoms. The zero-order valence-electron chi connectivity index (χ0n) is 13.6. The van der Waals surface area contributed by atoms with Gasteiger partial charge in [0, 0.05) is 23.5 Å². The van der Waals surface area contributed by atoms with E-state index in [9.17, 15) is 9.59 Å². The number of imide groups is 1. The van der Waals surface area contributed by atoms with Gasteiger partial charge in [0.2, 0.25) is 0 Å². The van der Waals surface area contributed by atoms with Crippen LogP contribution in [-0.4, -0.2) is 27.9 Å². The van der Waals surface area contributed by atoms with E-state index in [0.29, 0.717) is 16.5 Å². The minimum Gasteiger partial charge on any atom is -0.361 e. The molecule has 1 aliphatic rings. The molecule has 0 radical (unpaired) electrons. The highest BCUT2D eigenvalue weighted by molar-refractivity contribution is 6.42. The van der Waals surface area contributed by atoms with E-state index in [4.69, 9.17) is 23.2 Å². The first kappa shape index (κ1) is 16.9. The van der Waals surface area contributed by atoms with Gasteiger partial charge in [-0.2, -0.15) is 0 Å². The van der Waals surface area contributed by atoms with Gasteiger partial charge in [0.25, 0.3) is 5.91 Å². The number of urea groups is 1. The maximum atomic E-state index is 12.7. The highest BCUT2D eigenvalue weighted by Gasteiger charge is 2.38. The Bertz CT molecular complexity index is 1010. The maximum absolute atomic E-state index is 12.7. The summed E-state index contributed by atoms with van der Waals surface area (Å²) in [4.78, 5) is 29.4. The summed E-state index contributed by atoms with van der Waals surface area (Å²) in [6, 6.07) is 12.0. The van der Waals surface area contributed by atoms with Crippen LogP contribution in [0.2, 0.25) is 10.0 Å². The summed E-state index contributed by atoms with van der Waals surface area (Å²) in [7, 11) is 0. The van der Waals surface area contributed by atoms with Gasteiger partial charge in [-0.25, -0.2) is 4.79 Å². The monoisotopic (exact) mass is 387 g/mol. The molecule has 26 heavy (non-hydrogen) atoms. The molecule has 1 aliphatic heterocycles. The molecular weight excluding hydrogens is 373 g/mol. The van der Waals surface area contributed by atoms with E-state index in [1.807, 2.05) is 30.5 Å². The fraction of sp³-hybridized carbons (Fsp3) is 0.158. The van der Waals surface area contributed by atoms with Crippen molar-refractivity contribution in [3.63, 3.8) is 0 Å². The molecule has 1 atom stereocenters. The SMILES string of the molecule is O=C1NC(Cc2c[nH]c3ccccc23)C(=O)N1Cc1ccc(Cl)c(Cl)c1. The van der Waals surface area contributed by atoms with Gasteiger partial charge in [-0.05, 0) is 29.3 Å². The molecule has 2 N–H and O–H groups in total. The number of H-pyrrole nitrogens is 1. The van der Waals surface area contributed by atoms with Gasteiger partial charge in [-0.3, -0.25) is 9.69 Å². The smallest absolute Gasteiger partial charge is 0.325 e. The zero-order chi connectivity index (χ0) is 18.3. The Kier molecular flexibility index (Phi) is 4.34. The lowest BCUT2D eigenvalue weighted by Crippen LogP contribution is -2.32. The molecule has 2 heterocycles. The number of aromatic amines is 1. The first-order valence-electron chi connectivity index (χ1n) is 8.14. The molecule has 0 bridgehead atoms. The van der Waals surface area contributed by atoms with Crippen molar-refractivity contribution in [2.24, 2.45) is 0 Å². The summed E-state index contributed by atoms with van der Waals surface area (Å²) in [5.41, 5.74) is 2.75. The molecule has 3 aromatic rings. The van der Waals surface area contributed by atoms with E-state index in [2.05, 4.69) is 10.3 Å². The number of nitrogens with one attached hydrogen (secondary N) is 2. The van der Waals surface area contributed by atoms with Crippen molar-refractivity contribution in [1.29, 1.82) is 0 Å². The summed E-state index contributed by atoms with van der Waals surface area (Å²) in [6.45, 7) is 0.159. The van der Waals surface area contributed by atoms with Gasteiger partial charge in [0.15, 0.2) is 0 Å². The van der Waals surface area contributed by atoms with Crippen molar-refractivity contribution in [1.82, 2.24) is 15.2 Å². The van der Waals surface area contributed by atoms with Crippen LogP contribution in [0.4, 0.5) is 4.79 Å². The molecule has 132 valence electrons. The van der Waals surface area contributed by atoms with Gasteiger partial charge in [0.05, 0.1) is 16.6 Å². The quantitative estimate of drug-likeness (QED) is 0.660. The third-order valence-electron chi connectivity index (χ3n) is 4.53.